The van der Waals surface area contributed by atoms with Gasteiger partial charge in [0, 0.05) is 19.5 Å². The normalized spacial score (nSPS) is 17.9. The van der Waals surface area contributed by atoms with Crippen molar-refractivity contribution in [2.75, 3.05) is 20.3 Å². The fourth-order valence-corrected chi connectivity index (χ4v) is 2.44. The van der Waals surface area contributed by atoms with E-state index in [1.54, 1.807) is 13.3 Å². The molecule has 0 aliphatic heterocycles. The van der Waals surface area contributed by atoms with E-state index >= 15 is 0 Å². The number of hydrogen-bond acceptors (Lipinski definition) is 3. The van der Waals surface area contributed by atoms with Gasteiger partial charge in [0.2, 0.25) is 0 Å². The van der Waals surface area contributed by atoms with Gasteiger partial charge < -0.3 is 9.84 Å². The minimum atomic E-state index is 0.0890. The Morgan fingerprint density at radius 1 is 1.50 bits per heavy atom. The summed E-state index contributed by atoms with van der Waals surface area (Å²) in [6.07, 6.45) is 10.6. The largest absolute Gasteiger partial charge is 0.392 e. The van der Waals surface area contributed by atoms with Crippen molar-refractivity contribution in [3.8, 4) is 0 Å². The molecule has 0 spiro atoms. The van der Waals surface area contributed by atoms with Crippen molar-refractivity contribution in [2.24, 2.45) is 10.9 Å². The Labute approximate surface area is 122 Å². The lowest BCUT2D eigenvalue weighted by Crippen LogP contribution is -2.13. The monoisotopic (exact) mass is 275 g/mol. The molecule has 0 heterocycles. The highest BCUT2D eigenvalue weighted by molar-refractivity contribution is 5.89. The smallest absolute Gasteiger partial charge is 0.0647 e. The van der Waals surface area contributed by atoms with Crippen molar-refractivity contribution in [3.63, 3.8) is 0 Å². The molecular formula is C17H25NO2. The average Bonchev–Trinajstić information content (AvgIpc) is 2.42. The Bertz CT molecular complexity index is 467. The predicted octanol–water partition coefficient (Wildman–Crippen LogP) is 3.44. The molecule has 1 aliphatic carbocycles. The van der Waals surface area contributed by atoms with Crippen LogP contribution in [0.3, 0.4) is 0 Å². The predicted molar refractivity (Wildman–Crippen MR) is 84.9 cm³/mol. The van der Waals surface area contributed by atoms with Crippen LogP contribution in [0.25, 0.3) is 0 Å². The van der Waals surface area contributed by atoms with E-state index in [0.717, 1.165) is 12.0 Å². The summed E-state index contributed by atoms with van der Waals surface area (Å²) in [5.74, 6) is 0.377. The van der Waals surface area contributed by atoms with Gasteiger partial charge in [-0.15, -0.1) is 0 Å². The fraction of sp³-hybridized carbons (Fsp3) is 0.471. The highest BCUT2D eigenvalue weighted by atomic mass is 16.5. The van der Waals surface area contributed by atoms with Crippen LogP contribution >= 0.6 is 0 Å². The Morgan fingerprint density at radius 3 is 2.80 bits per heavy atom. The molecule has 0 amide bonds. The van der Waals surface area contributed by atoms with Crippen LogP contribution in [0.1, 0.15) is 27.2 Å². The fourth-order valence-electron chi connectivity index (χ4n) is 2.44. The molecule has 1 atom stereocenters. The van der Waals surface area contributed by atoms with Gasteiger partial charge in [0.05, 0.1) is 13.2 Å². The van der Waals surface area contributed by atoms with E-state index < -0.39 is 0 Å². The molecule has 3 nitrogen and oxygen atoms in total. The topological polar surface area (TPSA) is 41.8 Å². The van der Waals surface area contributed by atoms with Crippen LogP contribution in [0, 0.1) is 5.92 Å². The Morgan fingerprint density at radius 2 is 2.25 bits per heavy atom. The minimum Gasteiger partial charge on any atom is -0.392 e. The average molecular weight is 275 g/mol. The number of nitrogens with zero attached hydrogens (tertiary/aromatic N) is 1. The van der Waals surface area contributed by atoms with Crippen molar-refractivity contribution < 1.29 is 9.84 Å². The van der Waals surface area contributed by atoms with Gasteiger partial charge in [-0.05, 0) is 54.6 Å². The van der Waals surface area contributed by atoms with Crippen LogP contribution in [0.4, 0.5) is 0 Å². The SMILES string of the molecule is C/C=C\N=CC1=C(C(C)C/C(=C/COC)CO)C(C)=C1. The molecule has 0 fully saturated rings. The summed E-state index contributed by atoms with van der Waals surface area (Å²) in [6, 6.07) is 0. The van der Waals surface area contributed by atoms with E-state index in [0.29, 0.717) is 12.5 Å². The summed E-state index contributed by atoms with van der Waals surface area (Å²) in [7, 11) is 1.66. The van der Waals surface area contributed by atoms with Gasteiger partial charge in [-0.25, -0.2) is 0 Å². The first-order chi connectivity index (χ1) is 9.63. The summed E-state index contributed by atoms with van der Waals surface area (Å²) < 4.78 is 5.02. The third kappa shape index (κ3) is 4.58. The van der Waals surface area contributed by atoms with Crippen LogP contribution in [-0.4, -0.2) is 31.6 Å². The molecule has 1 N–H and O–H groups in total. The summed E-state index contributed by atoms with van der Waals surface area (Å²) in [4.78, 5) is 4.24. The van der Waals surface area contributed by atoms with Crippen LogP contribution in [0.2, 0.25) is 0 Å². The van der Waals surface area contributed by atoms with Crippen LogP contribution < -0.4 is 0 Å². The van der Waals surface area contributed by atoms with E-state index in [4.69, 9.17) is 4.74 Å². The molecule has 20 heavy (non-hydrogen) atoms. The van der Waals surface area contributed by atoms with Crippen molar-refractivity contribution in [2.45, 2.75) is 27.2 Å². The molecule has 0 aromatic rings. The molecule has 0 aromatic carbocycles. The van der Waals surface area contributed by atoms with Gasteiger partial charge in [-0.1, -0.05) is 19.1 Å². The van der Waals surface area contributed by atoms with Crippen LogP contribution in [0.15, 0.2) is 51.7 Å². The third-order valence-electron chi connectivity index (χ3n) is 3.36. The number of aliphatic hydroxyl groups excluding tert-OH is 1. The first-order valence-corrected chi connectivity index (χ1v) is 6.98. The molecule has 0 bridgehead atoms. The number of aliphatic hydroxyl groups is 1. The maximum absolute atomic E-state index is 9.39. The van der Waals surface area contributed by atoms with Gasteiger partial charge in [0.15, 0.2) is 0 Å². The molecule has 0 saturated heterocycles. The van der Waals surface area contributed by atoms with E-state index in [1.165, 1.54) is 16.7 Å². The standard InChI is InChI=1S/C17H25NO2/c1-5-7-18-11-16-10-14(3)17(16)13(2)9-15(12-19)6-8-20-4/h5-7,10-11,13,19H,8-9,12H2,1-4H3/b7-5-,15-6-,18-11?. The van der Waals surface area contributed by atoms with Gasteiger partial charge >= 0.3 is 0 Å². The summed E-state index contributed by atoms with van der Waals surface area (Å²) in [5, 5.41) is 9.39. The van der Waals surface area contributed by atoms with Gasteiger partial charge in [0.1, 0.15) is 0 Å². The first-order valence-electron chi connectivity index (χ1n) is 6.98. The van der Waals surface area contributed by atoms with E-state index in [-0.39, 0.29) is 6.61 Å². The van der Waals surface area contributed by atoms with E-state index in [9.17, 15) is 5.11 Å². The zero-order valence-electron chi connectivity index (χ0n) is 12.9. The highest BCUT2D eigenvalue weighted by Gasteiger charge is 2.21. The van der Waals surface area contributed by atoms with Crippen molar-refractivity contribution >= 4 is 6.21 Å². The Balaban J connectivity index is 2.74. The second-order valence-electron chi connectivity index (χ2n) is 5.04. The minimum absolute atomic E-state index is 0.0890. The number of ether oxygens (including phenoxy) is 1. The van der Waals surface area contributed by atoms with Crippen molar-refractivity contribution in [3.05, 3.63) is 46.7 Å². The number of methoxy groups -OCH3 is 1. The maximum atomic E-state index is 9.39. The van der Waals surface area contributed by atoms with E-state index in [2.05, 4.69) is 24.9 Å². The second kappa shape index (κ2) is 8.67. The summed E-state index contributed by atoms with van der Waals surface area (Å²) >= 11 is 0. The zero-order valence-corrected chi connectivity index (χ0v) is 12.9. The number of allylic oxidation sites excluding steroid dienone is 5. The molecule has 1 unspecified atom stereocenters. The highest BCUT2D eigenvalue weighted by Crippen LogP contribution is 2.35. The molecule has 3 heteroatoms. The number of rotatable bonds is 8. The van der Waals surface area contributed by atoms with Gasteiger partial charge in [-0.2, -0.15) is 0 Å². The number of hydrogen-bond donors (Lipinski definition) is 1. The Kier molecular flexibility index (Phi) is 7.20. The zero-order chi connectivity index (χ0) is 15.0. The van der Waals surface area contributed by atoms with Crippen molar-refractivity contribution in [1.82, 2.24) is 0 Å². The molecule has 1 rings (SSSR count). The van der Waals surface area contributed by atoms with E-state index in [1.807, 2.05) is 25.3 Å². The molecule has 1 aliphatic rings. The first kappa shape index (κ1) is 16.6. The quantitative estimate of drug-likeness (QED) is 0.544. The molecule has 0 radical (unpaired) electrons. The van der Waals surface area contributed by atoms with Gasteiger partial charge in [0.25, 0.3) is 0 Å². The van der Waals surface area contributed by atoms with Gasteiger partial charge in [-0.3, -0.25) is 4.99 Å². The lowest BCUT2D eigenvalue weighted by molar-refractivity contribution is 0.231. The van der Waals surface area contributed by atoms with Crippen LogP contribution in [0.5, 0.6) is 0 Å². The lowest BCUT2D eigenvalue weighted by atomic mass is 9.79. The lowest BCUT2D eigenvalue weighted by Gasteiger charge is -2.26. The second-order valence-corrected chi connectivity index (χ2v) is 5.04. The maximum Gasteiger partial charge on any atom is 0.0647 e. The summed E-state index contributed by atoms with van der Waals surface area (Å²) in [5.41, 5.74) is 4.87. The molecule has 0 saturated carbocycles. The molecular weight excluding hydrogens is 250 g/mol. The summed E-state index contributed by atoms with van der Waals surface area (Å²) in [6.45, 7) is 6.89. The van der Waals surface area contributed by atoms with Crippen molar-refractivity contribution in [1.29, 1.82) is 0 Å². The molecule has 0 aromatic heterocycles. The molecule has 110 valence electrons. The number of aliphatic imine (C=N–C) groups is 1. The Hall–Kier alpha value is -1.45. The van der Waals surface area contributed by atoms with Crippen LogP contribution in [-0.2, 0) is 4.74 Å². The third-order valence-corrected chi connectivity index (χ3v) is 3.36.